The number of sulfonamides is 1. The molecular formula is C13H22N2O3S. The maximum absolute atomic E-state index is 12.1. The lowest BCUT2D eigenvalue weighted by molar-refractivity contribution is 0.242. The maximum atomic E-state index is 12.1. The van der Waals surface area contributed by atoms with Crippen LogP contribution in [0.5, 0.6) is 0 Å². The molecule has 19 heavy (non-hydrogen) atoms. The van der Waals surface area contributed by atoms with Crippen LogP contribution in [0.15, 0.2) is 29.2 Å². The highest BCUT2D eigenvalue weighted by molar-refractivity contribution is 7.89. The highest BCUT2D eigenvalue weighted by atomic mass is 32.2. The molecule has 4 N–H and O–H groups in total. The third-order valence-corrected chi connectivity index (χ3v) is 4.44. The van der Waals surface area contributed by atoms with E-state index >= 15 is 0 Å². The summed E-state index contributed by atoms with van der Waals surface area (Å²) in [5.41, 5.74) is 5.70. The molecule has 0 heterocycles. The fourth-order valence-electron chi connectivity index (χ4n) is 1.74. The summed E-state index contributed by atoms with van der Waals surface area (Å²) in [6.45, 7) is 4.34. The number of aliphatic hydroxyl groups is 1. The van der Waals surface area contributed by atoms with E-state index in [-0.39, 0.29) is 22.6 Å². The quantitative estimate of drug-likeness (QED) is 0.660. The monoisotopic (exact) mass is 286 g/mol. The van der Waals surface area contributed by atoms with E-state index in [2.05, 4.69) is 4.72 Å². The van der Waals surface area contributed by atoms with Gasteiger partial charge in [-0.15, -0.1) is 0 Å². The predicted molar refractivity (Wildman–Crippen MR) is 76.1 cm³/mol. The van der Waals surface area contributed by atoms with Gasteiger partial charge in [0.2, 0.25) is 10.0 Å². The lowest BCUT2D eigenvalue weighted by atomic mass is 9.88. The van der Waals surface area contributed by atoms with E-state index in [1.165, 1.54) is 6.07 Å². The Labute approximate surface area is 114 Å². The molecule has 0 aliphatic carbocycles. The Morgan fingerprint density at radius 1 is 1.32 bits per heavy atom. The van der Waals surface area contributed by atoms with E-state index in [9.17, 15) is 8.42 Å². The van der Waals surface area contributed by atoms with Crippen molar-refractivity contribution >= 4 is 15.7 Å². The Bertz CT molecular complexity index is 512. The van der Waals surface area contributed by atoms with Gasteiger partial charge in [0.1, 0.15) is 4.90 Å². The molecule has 0 aliphatic heterocycles. The Kier molecular flexibility index (Phi) is 5.34. The van der Waals surface area contributed by atoms with Crippen molar-refractivity contribution in [2.24, 2.45) is 5.41 Å². The number of para-hydroxylation sites is 1. The van der Waals surface area contributed by atoms with Gasteiger partial charge in [0.15, 0.2) is 0 Å². The highest BCUT2D eigenvalue weighted by Crippen LogP contribution is 2.23. The first-order chi connectivity index (χ1) is 8.78. The first-order valence-corrected chi connectivity index (χ1v) is 7.72. The lowest BCUT2D eigenvalue weighted by Gasteiger charge is -2.24. The molecule has 6 heteroatoms. The molecular weight excluding hydrogens is 264 g/mol. The van der Waals surface area contributed by atoms with Crippen molar-refractivity contribution in [3.63, 3.8) is 0 Å². The molecule has 0 spiro atoms. The van der Waals surface area contributed by atoms with Crippen LogP contribution in [-0.2, 0) is 10.0 Å². The van der Waals surface area contributed by atoms with Crippen LogP contribution in [0.25, 0.3) is 0 Å². The first kappa shape index (κ1) is 15.9. The van der Waals surface area contributed by atoms with E-state index < -0.39 is 10.0 Å². The maximum Gasteiger partial charge on any atom is 0.242 e. The summed E-state index contributed by atoms with van der Waals surface area (Å²) in [7, 11) is -3.59. The SMILES string of the molecule is CC(C)(CCCO)CNS(=O)(=O)c1ccccc1N. The topological polar surface area (TPSA) is 92.4 Å². The number of hydrogen-bond donors (Lipinski definition) is 3. The summed E-state index contributed by atoms with van der Waals surface area (Å²) in [4.78, 5) is 0.105. The van der Waals surface area contributed by atoms with E-state index in [1.54, 1.807) is 18.2 Å². The molecule has 0 fully saturated rings. The number of hydrogen-bond acceptors (Lipinski definition) is 4. The van der Waals surface area contributed by atoms with Crippen LogP contribution in [0.1, 0.15) is 26.7 Å². The molecule has 0 bridgehead atoms. The van der Waals surface area contributed by atoms with Crippen molar-refractivity contribution in [3.8, 4) is 0 Å². The Morgan fingerprint density at radius 3 is 2.53 bits per heavy atom. The fraction of sp³-hybridized carbons (Fsp3) is 0.538. The lowest BCUT2D eigenvalue weighted by Crippen LogP contribution is -2.34. The Balaban J connectivity index is 2.74. The van der Waals surface area contributed by atoms with Crippen LogP contribution in [0.3, 0.4) is 0 Å². The van der Waals surface area contributed by atoms with Gasteiger partial charge in [-0.3, -0.25) is 0 Å². The van der Waals surface area contributed by atoms with Crippen molar-refractivity contribution in [2.75, 3.05) is 18.9 Å². The molecule has 0 radical (unpaired) electrons. The molecule has 108 valence electrons. The molecule has 5 nitrogen and oxygen atoms in total. The minimum Gasteiger partial charge on any atom is -0.398 e. The van der Waals surface area contributed by atoms with E-state index in [4.69, 9.17) is 10.8 Å². The second-order valence-electron chi connectivity index (χ2n) is 5.35. The second kappa shape index (κ2) is 6.36. The predicted octanol–water partition coefficient (Wildman–Crippen LogP) is 1.35. The van der Waals surface area contributed by atoms with Crippen LogP contribution >= 0.6 is 0 Å². The van der Waals surface area contributed by atoms with Gasteiger partial charge < -0.3 is 10.8 Å². The summed E-state index contributed by atoms with van der Waals surface area (Å²) in [6, 6.07) is 6.38. The third kappa shape index (κ3) is 4.81. The number of rotatable bonds is 7. The number of anilines is 1. The zero-order valence-electron chi connectivity index (χ0n) is 11.4. The number of aliphatic hydroxyl groups excluding tert-OH is 1. The summed E-state index contributed by atoms with van der Waals surface area (Å²) in [6.07, 6.45) is 1.40. The molecule has 0 atom stereocenters. The van der Waals surface area contributed by atoms with Gasteiger partial charge >= 0.3 is 0 Å². The average Bonchev–Trinajstić information content (AvgIpc) is 2.35. The van der Waals surface area contributed by atoms with E-state index in [0.29, 0.717) is 13.0 Å². The van der Waals surface area contributed by atoms with Crippen LogP contribution in [0, 0.1) is 5.41 Å². The zero-order chi connectivity index (χ0) is 14.5. The molecule has 1 rings (SSSR count). The molecule has 0 saturated heterocycles. The van der Waals surface area contributed by atoms with Gasteiger partial charge in [-0.25, -0.2) is 13.1 Å². The van der Waals surface area contributed by atoms with Crippen molar-refractivity contribution in [2.45, 2.75) is 31.6 Å². The Hall–Kier alpha value is -1.11. The summed E-state index contributed by atoms with van der Waals surface area (Å²) >= 11 is 0. The van der Waals surface area contributed by atoms with Gasteiger partial charge in [0, 0.05) is 13.2 Å². The molecule has 1 aromatic carbocycles. The number of nitrogens with two attached hydrogens (primary N) is 1. The summed E-state index contributed by atoms with van der Waals surface area (Å²) in [5, 5.41) is 8.82. The van der Waals surface area contributed by atoms with Crippen LogP contribution in [0.4, 0.5) is 5.69 Å². The third-order valence-electron chi connectivity index (χ3n) is 2.96. The molecule has 0 aliphatic rings. The van der Waals surface area contributed by atoms with Crippen molar-refractivity contribution in [3.05, 3.63) is 24.3 Å². The normalized spacial score (nSPS) is 12.6. The van der Waals surface area contributed by atoms with Crippen LogP contribution < -0.4 is 10.5 Å². The fourth-order valence-corrected chi connectivity index (χ4v) is 3.11. The first-order valence-electron chi connectivity index (χ1n) is 6.23. The second-order valence-corrected chi connectivity index (χ2v) is 7.09. The molecule has 0 aromatic heterocycles. The minimum atomic E-state index is -3.59. The molecule has 0 unspecified atom stereocenters. The van der Waals surface area contributed by atoms with Crippen LogP contribution in [0.2, 0.25) is 0 Å². The minimum absolute atomic E-state index is 0.105. The van der Waals surface area contributed by atoms with Gasteiger partial charge in [-0.2, -0.15) is 0 Å². The number of nitrogen functional groups attached to an aromatic ring is 1. The van der Waals surface area contributed by atoms with Gasteiger partial charge in [-0.05, 0) is 30.4 Å². The van der Waals surface area contributed by atoms with Gasteiger partial charge in [0.25, 0.3) is 0 Å². The highest BCUT2D eigenvalue weighted by Gasteiger charge is 2.23. The number of nitrogens with one attached hydrogen (secondary N) is 1. The summed E-state index contributed by atoms with van der Waals surface area (Å²) < 4.78 is 26.8. The van der Waals surface area contributed by atoms with E-state index in [0.717, 1.165) is 6.42 Å². The largest absolute Gasteiger partial charge is 0.398 e. The van der Waals surface area contributed by atoms with Crippen LogP contribution in [-0.4, -0.2) is 26.7 Å². The standard InChI is InChI=1S/C13H22N2O3S/c1-13(2,8-5-9-16)10-15-19(17,18)12-7-4-3-6-11(12)14/h3-4,6-7,15-16H,5,8-10,14H2,1-2H3. The van der Waals surface area contributed by atoms with Crippen molar-refractivity contribution < 1.29 is 13.5 Å². The van der Waals surface area contributed by atoms with Crippen molar-refractivity contribution in [1.29, 1.82) is 0 Å². The smallest absolute Gasteiger partial charge is 0.242 e. The van der Waals surface area contributed by atoms with Gasteiger partial charge in [0.05, 0.1) is 5.69 Å². The summed E-state index contributed by atoms with van der Waals surface area (Å²) in [5.74, 6) is 0. The molecule has 0 saturated carbocycles. The zero-order valence-corrected chi connectivity index (χ0v) is 12.2. The average molecular weight is 286 g/mol. The molecule has 0 amide bonds. The Morgan fingerprint density at radius 2 is 1.95 bits per heavy atom. The van der Waals surface area contributed by atoms with Crippen molar-refractivity contribution in [1.82, 2.24) is 4.72 Å². The van der Waals surface area contributed by atoms with E-state index in [1.807, 2.05) is 13.8 Å². The molecule has 1 aromatic rings. The number of benzene rings is 1. The van der Waals surface area contributed by atoms with Gasteiger partial charge in [-0.1, -0.05) is 26.0 Å².